The molecule has 1 saturated heterocycles. The number of benzene rings is 2. The Hall–Kier alpha value is -2.43. The van der Waals surface area contributed by atoms with E-state index in [-0.39, 0.29) is 17.5 Å². The van der Waals surface area contributed by atoms with Gasteiger partial charge in [0.15, 0.2) is 0 Å². The number of carbonyl (C=O) groups excluding carboxylic acids is 1. The molecule has 3 atom stereocenters. The zero-order chi connectivity index (χ0) is 23.8. The third kappa shape index (κ3) is 5.31. The van der Waals surface area contributed by atoms with Crippen molar-refractivity contribution in [2.75, 3.05) is 12.8 Å². The summed E-state index contributed by atoms with van der Waals surface area (Å²) in [6.45, 7) is 2.02. The Morgan fingerprint density at radius 1 is 1.22 bits per heavy atom. The highest BCUT2D eigenvalue weighted by Gasteiger charge is 2.48. The van der Waals surface area contributed by atoms with Gasteiger partial charge in [0.2, 0.25) is 10.0 Å². The van der Waals surface area contributed by atoms with E-state index in [1.165, 1.54) is 50.2 Å². The van der Waals surface area contributed by atoms with E-state index in [4.69, 9.17) is 0 Å². The molecule has 2 aromatic carbocycles. The molecule has 6 nitrogen and oxygen atoms in total. The molecule has 0 unspecified atom stereocenters. The van der Waals surface area contributed by atoms with Crippen molar-refractivity contribution in [3.05, 3.63) is 59.7 Å². The summed E-state index contributed by atoms with van der Waals surface area (Å²) in [5, 5.41) is 10.1. The number of hydrogen-bond acceptors (Lipinski definition) is 4. The molecule has 1 heterocycles. The van der Waals surface area contributed by atoms with Crippen LogP contribution in [0.5, 0.6) is 0 Å². The van der Waals surface area contributed by atoms with Crippen molar-refractivity contribution in [3.8, 4) is 11.1 Å². The number of amides is 1. The first-order valence-corrected chi connectivity index (χ1v) is 11.8. The number of aliphatic hydroxyl groups is 1. The van der Waals surface area contributed by atoms with E-state index in [0.717, 1.165) is 11.2 Å². The Morgan fingerprint density at radius 3 is 2.47 bits per heavy atom. The van der Waals surface area contributed by atoms with E-state index in [9.17, 15) is 27.1 Å². The quantitative estimate of drug-likeness (QED) is 0.679. The number of hydrogen-bond donors (Lipinski definition) is 2. The minimum absolute atomic E-state index is 0.0970. The van der Waals surface area contributed by atoms with Crippen LogP contribution >= 0.6 is 0 Å². The number of alkyl halides is 1. The van der Waals surface area contributed by atoms with Crippen LogP contribution in [0, 0.1) is 11.6 Å². The molecule has 0 saturated carbocycles. The van der Waals surface area contributed by atoms with Gasteiger partial charge in [-0.2, -0.15) is 0 Å². The molecule has 10 heteroatoms. The summed E-state index contributed by atoms with van der Waals surface area (Å²) in [6.07, 6.45) is -1.11. The van der Waals surface area contributed by atoms with Crippen molar-refractivity contribution in [1.29, 1.82) is 0 Å². The molecule has 1 aliphatic heterocycles. The average Bonchev–Trinajstić information content (AvgIpc) is 2.96. The van der Waals surface area contributed by atoms with Gasteiger partial charge in [-0.15, -0.1) is 0 Å². The molecule has 0 aromatic heterocycles. The summed E-state index contributed by atoms with van der Waals surface area (Å²) in [5.74, 6) is -2.03. The van der Waals surface area contributed by atoms with Gasteiger partial charge >= 0.3 is 0 Å². The standard InChI is InChI=1S/C22H25F3N2O4S/c1-22(2,29)21(28)27-12-17(24)20(26-32(3,30)31)18(27)11-14-7-5-9-16(19(14)25)13-6-4-8-15(23)10-13/h4-10,17-18,20,26,29H,11-12H2,1-3H3/t17-,18-,20-/m0/s1. The van der Waals surface area contributed by atoms with Gasteiger partial charge in [-0.3, -0.25) is 4.79 Å². The predicted octanol–water partition coefficient (Wildman–Crippen LogP) is 2.41. The zero-order valence-electron chi connectivity index (χ0n) is 17.8. The summed E-state index contributed by atoms with van der Waals surface area (Å²) in [4.78, 5) is 13.8. The van der Waals surface area contributed by atoms with E-state index >= 15 is 4.39 Å². The van der Waals surface area contributed by atoms with Crippen LogP contribution in [-0.4, -0.2) is 61.0 Å². The molecular formula is C22H25F3N2O4S. The fraction of sp³-hybridized carbons (Fsp3) is 0.409. The number of nitrogens with one attached hydrogen (secondary N) is 1. The van der Waals surface area contributed by atoms with Crippen LogP contribution in [0.25, 0.3) is 11.1 Å². The summed E-state index contributed by atoms with van der Waals surface area (Å²) in [7, 11) is -3.84. The molecule has 3 rings (SSSR count). The molecule has 32 heavy (non-hydrogen) atoms. The number of carbonyl (C=O) groups is 1. The van der Waals surface area contributed by atoms with Crippen molar-refractivity contribution in [3.63, 3.8) is 0 Å². The third-order valence-corrected chi connectivity index (χ3v) is 6.05. The van der Waals surface area contributed by atoms with Gasteiger partial charge in [0, 0.05) is 5.56 Å². The van der Waals surface area contributed by atoms with Gasteiger partial charge in [0.05, 0.1) is 24.9 Å². The van der Waals surface area contributed by atoms with Gasteiger partial charge in [0.25, 0.3) is 5.91 Å². The molecule has 1 aliphatic rings. The van der Waals surface area contributed by atoms with Crippen LogP contribution in [0.1, 0.15) is 19.4 Å². The van der Waals surface area contributed by atoms with Crippen molar-refractivity contribution < 1.29 is 31.5 Å². The van der Waals surface area contributed by atoms with Gasteiger partial charge in [0.1, 0.15) is 23.4 Å². The number of sulfonamides is 1. The number of likely N-dealkylation sites (tertiary alicyclic amines) is 1. The maximum Gasteiger partial charge on any atom is 0.254 e. The fourth-order valence-electron chi connectivity index (χ4n) is 3.94. The molecule has 174 valence electrons. The van der Waals surface area contributed by atoms with E-state index in [0.29, 0.717) is 5.56 Å². The smallest absolute Gasteiger partial charge is 0.254 e. The Bertz CT molecular complexity index is 1120. The minimum Gasteiger partial charge on any atom is -0.381 e. The SMILES string of the molecule is CC(C)(O)C(=O)N1C[C@H](F)[C@H](NS(C)(=O)=O)[C@@H]1Cc1cccc(-c2cccc(F)c2)c1F. The summed E-state index contributed by atoms with van der Waals surface area (Å²) in [6, 6.07) is 7.42. The van der Waals surface area contributed by atoms with Crippen molar-refractivity contribution in [1.82, 2.24) is 9.62 Å². The molecule has 2 aromatic rings. The lowest BCUT2D eigenvalue weighted by Crippen LogP contribution is -2.53. The molecule has 2 N–H and O–H groups in total. The van der Waals surface area contributed by atoms with Crippen LogP contribution in [0.3, 0.4) is 0 Å². The second-order valence-electron chi connectivity index (χ2n) is 8.51. The maximum atomic E-state index is 15.4. The van der Waals surface area contributed by atoms with Crippen LogP contribution in [0.15, 0.2) is 42.5 Å². The summed E-state index contributed by atoms with van der Waals surface area (Å²) < 4.78 is 69.6. The van der Waals surface area contributed by atoms with E-state index in [2.05, 4.69) is 4.72 Å². The molecule has 0 aliphatic carbocycles. The normalized spacial score (nSPS) is 21.7. The maximum absolute atomic E-state index is 15.4. The van der Waals surface area contributed by atoms with Crippen molar-refractivity contribution in [2.24, 2.45) is 0 Å². The average molecular weight is 471 g/mol. The molecule has 1 amide bonds. The highest BCUT2D eigenvalue weighted by atomic mass is 32.2. The summed E-state index contributed by atoms with van der Waals surface area (Å²) >= 11 is 0. The summed E-state index contributed by atoms with van der Waals surface area (Å²) in [5.41, 5.74) is -1.32. The van der Waals surface area contributed by atoms with Gasteiger partial charge in [-0.1, -0.05) is 30.3 Å². The second kappa shape index (κ2) is 8.84. The first-order chi connectivity index (χ1) is 14.8. The molecular weight excluding hydrogens is 445 g/mol. The van der Waals surface area contributed by atoms with Gasteiger partial charge < -0.3 is 10.0 Å². The van der Waals surface area contributed by atoms with Crippen LogP contribution < -0.4 is 4.72 Å². The van der Waals surface area contributed by atoms with Crippen LogP contribution in [0.2, 0.25) is 0 Å². The Morgan fingerprint density at radius 2 is 1.88 bits per heavy atom. The molecule has 0 bridgehead atoms. The number of nitrogens with zero attached hydrogens (tertiary/aromatic N) is 1. The molecule has 0 radical (unpaired) electrons. The Kier molecular flexibility index (Phi) is 6.69. The zero-order valence-corrected chi connectivity index (χ0v) is 18.7. The lowest BCUT2D eigenvalue weighted by molar-refractivity contribution is -0.149. The van der Waals surface area contributed by atoms with Crippen molar-refractivity contribution >= 4 is 15.9 Å². The first-order valence-electron chi connectivity index (χ1n) is 9.96. The molecule has 0 spiro atoms. The van der Waals surface area contributed by atoms with Gasteiger partial charge in [-0.25, -0.2) is 26.3 Å². The predicted molar refractivity (Wildman–Crippen MR) is 114 cm³/mol. The lowest BCUT2D eigenvalue weighted by Gasteiger charge is -2.32. The largest absolute Gasteiger partial charge is 0.381 e. The second-order valence-corrected chi connectivity index (χ2v) is 10.3. The van der Waals surface area contributed by atoms with E-state index < -0.39 is 58.0 Å². The minimum atomic E-state index is -3.84. The monoisotopic (exact) mass is 470 g/mol. The van der Waals surface area contributed by atoms with Crippen molar-refractivity contribution in [2.45, 2.75) is 44.1 Å². The topological polar surface area (TPSA) is 86.7 Å². The highest BCUT2D eigenvalue weighted by molar-refractivity contribution is 7.88. The Labute approximate surface area is 185 Å². The lowest BCUT2D eigenvalue weighted by atomic mass is 9.95. The van der Waals surface area contributed by atoms with Crippen LogP contribution in [0.4, 0.5) is 13.2 Å². The third-order valence-electron chi connectivity index (χ3n) is 5.35. The van der Waals surface area contributed by atoms with E-state index in [1.54, 1.807) is 6.07 Å². The first kappa shape index (κ1) is 24.2. The van der Waals surface area contributed by atoms with Gasteiger partial charge in [-0.05, 0) is 43.5 Å². The Balaban J connectivity index is 2.02. The van der Waals surface area contributed by atoms with E-state index in [1.807, 2.05) is 0 Å². The number of rotatable bonds is 6. The highest BCUT2D eigenvalue weighted by Crippen LogP contribution is 2.31. The molecule has 1 fully saturated rings. The van der Waals surface area contributed by atoms with Crippen LogP contribution in [-0.2, 0) is 21.2 Å². The number of halogens is 3. The fourth-order valence-corrected chi connectivity index (χ4v) is 4.73.